The highest BCUT2D eigenvalue weighted by Gasteiger charge is 2.28. The molecule has 3 nitrogen and oxygen atoms in total. The van der Waals surface area contributed by atoms with Gasteiger partial charge in [-0.3, -0.25) is 4.79 Å². The van der Waals surface area contributed by atoms with E-state index in [2.05, 4.69) is 5.32 Å². The van der Waals surface area contributed by atoms with Crippen LogP contribution >= 0.6 is 0 Å². The first-order valence-corrected chi connectivity index (χ1v) is 8.02. The molecule has 1 aliphatic carbocycles. The fourth-order valence-corrected chi connectivity index (χ4v) is 3.07. The molecular weight excluding hydrogens is 267 g/mol. The van der Waals surface area contributed by atoms with Crippen LogP contribution in [0.25, 0.3) is 0 Å². The van der Waals surface area contributed by atoms with Gasteiger partial charge >= 0.3 is 0 Å². The second kappa shape index (κ2) is 7.43. The minimum Gasteiger partial charge on any atom is -0.382 e. The van der Waals surface area contributed by atoms with Gasteiger partial charge in [0, 0.05) is 19.1 Å². The molecule has 0 aliphatic heterocycles. The Balaban J connectivity index is 2.26. The number of halogens is 1. The van der Waals surface area contributed by atoms with Crippen LogP contribution < -0.4 is 5.32 Å². The zero-order valence-corrected chi connectivity index (χ0v) is 13.0. The highest BCUT2D eigenvalue weighted by atomic mass is 19.1. The Hall–Kier alpha value is -1.58. The molecule has 0 bridgehead atoms. The number of para-hydroxylation sites is 1. The van der Waals surface area contributed by atoms with E-state index >= 15 is 0 Å². The molecule has 1 aliphatic rings. The van der Waals surface area contributed by atoms with E-state index in [1.54, 1.807) is 12.1 Å². The van der Waals surface area contributed by atoms with E-state index in [0.29, 0.717) is 30.4 Å². The third kappa shape index (κ3) is 3.55. The first-order valence-electron chi connectivity index (χ1n) is 8.02. The van der Waals surface area contributed by atoms with Crippen LogP contribution in [0.2, 0.25) is 0 Å². The summed E-state index contributed by atoms with van der Waals surface area (Å²) in [5, 5.41) is 3.06. The van der Waals surface area contributed by atoms with Gasteiger partial charge in [-0.15, -0.1) is 0 Å². The SMILES string of the molecule is CCCNc1c(F)cccc1C(=O)N(CC)C1CCCC1. The molecule has 1 saturated carbocycles. The third-order valence-electron chi connectivity index (χ3n) is 4.16. The molecule has 116 valence electrons. The summed E-state index contributed by atoms with van der Waals surface area (Å²) >= 11 is 0. The monoisotopic (exact) mass is 292 g/mol. The van der Waals surface area contributed by atoms with Gasteiger partial charge in [-0.2, -0.15) is 0 Å². The molecular formula is C17H25FN2O. The molecule has 0 radical (unpaired) electrons. The van der Waals surface area contributed by atoms with Gasteiger partial charge in [-0.05, 0) is 38.3 Å². The Bertz CT molecular complexity index is 484. The molecule has 0 atom stereocenters. The molecule has 1 fully saturated rings. The summed E-state index contributed by atoms with van der Waals surface area (Å²) in [5.74, 6) is -0.403. The zero-order chi connectivity index (χ0) is 15.2. The number of carbonyl (C=O) groups is 1. The Morgan fingerprint density at radius 3 is 2.67 bits per heavy atom. The molecule has 1 aromatic carbocycles. The van der Waals surface area contributed by atoms with Crippen molar-refractivity contribution in [2.24, 2.45) is 0 Å². The molecule has 0 heterocycles. The zero-order valence-electron chi connectivity index (χ0n) is 13.0. The fraction of sp³-hybridized carbons (Fsp3) is 0.588. The van der Waals surface area contributed by atoms with Gasteiger partial charge < -0.3 is 10.2 Å². The lowest BCUT2D eigenvalue weighted by Crippen LogP contribution is -2.39. The van der Waals surface area contributed by atoms with Crippen molar-refractivity contribution in [3.63, 3.8) is 0 Å². The van der Waals surface area contributed by atoms with E-state index in [9.17, 15) is 9.18 Å². The predicted molar refractivity (Wildman–Crippen MR) is 84.1 cm³/mol. The average Bonchev–Trinajstić information content (AvgIpc) is 3.00. The number of nitrogens with one attached hydrogen (secondary N) is 1. The van der Waals surface area contributed by atoms with Gasteiger partial charge in [-0.25, -0.2) is 4.39 Å². The number of hydrogen-bond donors (Lipinski definition) is 1. The van der Waals surface area contributed by atoms with Crippen molar-refractivity contribution in [2.75, 3.05) is 18.4 Å². The summed E-state index contributed by atoms with van der Waals surface area (Å²) < 4.78 is 14.0. The van der Waals surface area contributed by atoms with Crippen molar-refractivity contribution in [2.45, 2.75) is 52.0 Å². The number of anilines is 1. The van der Waals surface area contributed by atoms with Gasteiger partial charge in [0.1, 0.15) is 5.82 Å². The first-order chi connectivity index (χ1) is 10.2. The van der Waals surface area contributed by atoms with E-state index < -0.39 is 0 Å². The maximum Gasteiger partial charge on any atom is 0.256 e. The quantitative estimate of drug-likeness (QED) is 0.857. The smallest absolute Gasteiger partial charge is 0.256 e. The molecule has 1 amide bonds. The second-order valence-corrected chi connectivity index (χ2v) is 5.62. The summed E-state index contributed by atoms with van der Waals surface area (Å²) in [5.41, 5.74) is 0.804. The highest BCUT2D eigenvalue weighted by molar-refractivity contribution is 6.00. The van der Waals surface area contributed by atoms with Crippen molar-refractivity contribution in [1.29, 1.82) is 0 Å². The van der Waals surface area contributed by atoms with Crippen LogP contribution in [0.4, 0.5) is 10.1 Å². The number of rotatable bonds is 6. The van der Waals surface area contributed by atoms with Crippen LogP contribution in [0.15, 0.2) is 18.2 Å². The number of hydrogen-bond acceptors (Lipinski definition) is 2. The molecule has 0 unspecified atom stereocenters. The van der Waals surface area contributed by atoms with Gasteiger partial charge in [0.05, 0.1) is 11.3 Å². The third-order valence-corrected chi connectivity index (χ3v) is 4.16. The van der Waals surface area contributed by atoms with Crippen molar-refractivity contribution in [3.05, 3.63) is 29.6 Å². The molecule has 2 rings (SSSR count). The molecule has 0 spiro atoms. The summed E-state index contributed by atoms with van der Waals surface area (Å²) in [7, 11) is 0. The summed E-state index contributed by atoms with van der Waals surface area (Å²) in [4.78, 5) is 14.7. The van der Waals surface area contributed by atoms with Crippen LogP contribution in [0.5, 0.6) is 0 Å². The summed E-state index contributed by atoms with van der Waals surface area (Å²) in [6.07, 6.45) is 5.37. The van der Waals surface area contributed by atoms with E-state index in [1.807, 2.05) is 18.7 Å². The van der Waals surface area contributed by atoms with Gasteiger partial charge in [0.15, 0.2) is 0 Å². The second-order valence-electron chi connectivity index (χ2n) is 5.62. The molecule has 4 heteroatoms. The van der Waals surface area contributed by atoms with E-state index in [4.69, 9.17) is 0 Å². The van der Waals surface area contributed by atoms with Gasteiger partial charge in [-0.1, -0.05) is 25.8 Å². The van der Waals surface area contributed by atoms with E-state index in [1.165, 1.54) is 18.9 Å². The molecule has 1 aromatic rings. The fourth-order valence-electron chi connectivity index (χ4n) is 3.07. The number of carbonyl (C=O) groups excluding carboxylic acids is 1. The lowest BCUT2D eigenvalue weighted by Gasteiger charge is -2.28. The average molecular weight is 292 g/mol. The Morgan fingerprint density at radius 1 is 1.33 bits per heavy atom. The molecule has 1 N–H and O–H groups in total. The standard InChI is InChI=1S/C17H25FN2O/c1-3-12-19-16-14(10-7-11-15(16)18)17(21)20(4-2)13-8-5-6-9-13/h7,10-11,13,19H,3-6,8-9,12H2,1-2H3. The van der Waals surface area contributed by atoms with Crippen LogP contribution in [0.3, 0.4) is 0 Å². The van der Waals surface area contributed by atoms with Crippen molar-refractivity contribution < 1.29 is 9.18 Å². The lowest BCUT2D eigenvalue weighted by atomic mass is 10.1. The van der Waals surface area contributed by atoms with Crippen molar-refractivity contribution in [3.8, 4) is 0 Å². The molecule has 0 saturated heterocycles. The summed E-state index contributed by atoms with van der Waals surface area (Å²) in [6, 6.07) is 5.05. The molecule has 0 aromatic heterocycles. The first kappa shape index (κ1) is 15.8. The van der Waals surface area contributed by atoms with Crippen LogP contribution in [-0.2, 0) is 0 Å². The molecule has 21 heavy (non-hydrogen) atoms. The van der Waals surface area contributed by atoms with Crippen LogP contribution in [0, 0.1) is 5.82 Å². The van der Waals surface area contributed by atoms with Gasteiger partial charge in [0.2, 0.25) is 0 Å². The normalized spacial score (nSPS) is 15.2. The number of nitrogens with zero attached hydrogens (tertiary/aromatic N) is 1. The van der Waals surface area contributed by atoms with E-state index in [-0.39, 0.29) is 11.7 Å². The largest absolute Gasteiger partial charge is 0.382 e. The van der Waals surface area contributed by atoms with Crippen molar-refractivity contribution >= 4 is 11.6 Å². The minimum absolute atomic E-state index is 0.0532. The highest BCUT2D eigenvalue weighted by Crippen LogP contribution is 2.27. The maximum absolute atomic E-state index is 14.0. The van der Waals surface area contributed by atoms with E-state index in [0.717, 1.165) is 19.3 Å². The Labute approximate surface area is 126 Å². The Morgan fingerprint density at radius 2 is 2.05 bits per heavy atom. The summed E-state index contributed by atoms with van der Waals surface area (Å²) in [6.45, 7) is 5.35. The van der Waals surface area contributed by atoms with Gasteiger partial charge in [0.25, 0.3) is 5.91 Å². The lowest BCUT2D eigenvalue weighted by molar-refractivity contribution is 0.0694. The van der Waals surface area contributed by atoms with Crippen LogP contribution in [0.1, 0.15) is 56.3 Å². The predicted octanol–water partition coefficient (Wildman–Crippen LogP) is 4.05. The Kier molecular flexibility index (Phi) is 5.59. The van der Waals surface area contributed by atoms with Crippen LogP contribution in [-0.4, -0.2) is 29.9 Å². The maximum atomic E-state index is 14.0. The minimum atomic E-state index is -0.350. The number of amides is 1. The number of benzene rings is 1. The van der Waals surface area contributed by atoms with Crippen molar-refractivity contribution in [1.82, 2.24) is 4.90 Å². The topological polar surface area (TPSA) is 32.3 Å².